The zero-order chi connectivity index (χ0) is 26.1. The van der Waals surface area contributed by atoms with Crippen LogP contribution in [0.3, 0.4) is 0 Å². The molecular formula is C26H27N5O5. The standard InChI is InChI=1S/C26H27N5O5/c1-26(2,3)36-25(35)31-20-12-10-19(11-13-20)29-22(32)18-8-6-17(7-9-18)15-28-23(33)24(34)30-21-5-4-14-27-16-21/h4-14,16H,15H2,1-3H3,(H,28,33)(H,29,32)(H,30,34)(H,31,35). The third-order valence-electron chi connectivity index (χ3n) is 4.58. The third kappa shape index (κ3) is 8.24. The van der Waals surface area contributed by atoms with Gasteiger partial charge in [0, 0.05) is 29.7 Å². The van der Waals surface area contributed by atoms with E-state index in [1.54, 1.807) is 87.6 Å². The first kappa shape index (κ1) is 25.9. The molecule has 2 aromatic carbocycles. The van der Waals surface area contributed by atoms with Crippen LogP contribution in [0, 0.1) is 0 Å². The van der Waals surface area contributed by atoms with E-state index < -0.39 is 23.5 Å². The molecule has 36 heavy (non-hydrogen) atoms. The van der Waals surface area contributed by atoms with Crippen molar-refractivity contribution in [2.75, 3.05) is 16.0 Å². The third-order valence-corrected chi connectivity index (χ3v) is 4.58. The second kappa shape index (κ2) is 11.6. The number of carbonyl (C=O) groups is 4. The number of anilines is 3. The molecule has 0 aliphatic carbocycles. The van der Waals surface area contributed by atoms with Gasteiger partial charge in [-0.25, -0.2) is 4.79 Å². The van der Waals surface area contributed by atoms with E-state index >= 15 is 0 Å². The fourth-order valence-corrected chi connectivity index (χ4v) is 2.92. The Bertz CT molecular complexity index is 1220. The van der Waals surface area contributed by atoms with Crippen molar-refractivity contribution in [1.82, 2.24) is 10.3 Å². The molecule has 0 aliphatic rings. The van der Waals surface area contributed by atoms with E-state index in [9.17, 15) is 19.2 Å². The summed E-state index contributed by atoms with van der Waals surface area (Å²) in [4.78, 5) is 52.2. The summed E-state index contributed by atoms with van der Waals surface area (Å²) in [5.41, 5.74) is 2.02. The highest BCUT2D eigenvalue weighted by Gasteiger charge is 2.16. The van der Waals surface area contributed by atoms with E-state index in [-0.39, 0.29) is 12.5 Å². The van der Waals surface area contributed by atoms with Crippen molar-refractivity contribution < 1.29 is 23.9 Å². The van der Waals surface area contributed by atoms with Gasteiger partial charge in [-0.3, -0.25) is 24.7 Å². The minimum Gasteiger partial charge on any atom is -0.444 e. The lowest BCUT2D eigenvalue weighted by Crippen LogP contribution is -2.34. The minimum atomic E-state index is -0.800. The summed E-state index contributed by atoms with van der Waals surface area (Å²) in [5, 5.41) is 10.4. The molecule has 1 heterocycles. The van der Waals surface area contributed by atoms with Crippen LogP contribution < -0.4 is 21.3 Å². The Morgan fingerprint density at radius 1 is 0.778 bits per heavy atom. The molecule has 0 spiro atoms. The molecule has 186 valence electrons. The van der Waals surface area contributed by atoms with Gasteiger partial charge >= 0.3 is 17.9 Å². The Morgan fingerprint density at radius 3 is 2.00 bits per heavy atom. The summed E-state index contributed by atoms with van der Waals surface area (Å²) in [5.74, 6) is -1.91. The Morgan fingerprint density at radius 2 is 1.42 bits per heavy atom. The first-order valence-corrected chi connectivity index (χ1v) is 11.1. The van der Waals surface area contributed by atoms with E-state index in [1.807, 2.05) is 0 Å². The molecule has 1 aromatic heterocycles. The molecule has 0 unspecified atom stereocenters. The maximum absolute atomic E-state index is 12.5. The summed E-state index contributed by atoms with van der Waals surface area (Å²) >= 11 is 0. The first-order valence-electron chi connectivity index (χ1n) is 11.1. The summed E-state index contributed by atoms with van der Waals surface area (Å²) in [7, 11) is 0. The Hall–Kier alpha value is -4.73. The average Bonchev–Trinajstić information content (AvgIpc) is 2.83. The molecule has 0 saturated heterocycles. The van der Waals surface area contributed by atoms with Crippen LogP contribution >= 0.6 is 0 Å². The van der Waals surface area contributed by atoms with Gasteiger partial charge < -0.3 is 20.7 Å². The SMILES string of the molecule is CC(C)(C)OC(=O)Nc1ccc(NC(=O)c2ccc(CNC(=O)C(=O)Nc3cccnc3)cc2)cc1. The Balaban J connectivity index is 1.47. The van der Waals surface area contributed by atoms with Crippen LogP contribution in [0.4, 0.5) is 21.9 Å². The number of hydrogen-bond acceptors (Lipinski definition) is 6. The molecular weight excluding hydrogens is 462 g/mol. The highest BCUT2D eigenvalue weighted by atomic mass is 16.6. The molecule has 0 aliphatic heterocycles. The number of nitrogens with zero attached hydrogens (tertiary/aromatic N) is 1. The second-order valence-corrected chi connectivity index (χ2v) is 8.73. The summed E-state index contributed by atoms with van der Waals surface area (Å²) in [6.45, 7) is 5.44. The van der Waals surface area contributed by atoms with E-state index in [0.29, 0.717) is 28.2 Å². The monoisotopic (exact) mass is 489 g/mol. The van der Waals surface area contributed by atoms with Gasteiger partial charge in [-0.15, -0.1) is 0 Å². The molecule has 0 fully saturated rings. The molecule has 4 N–H and O–H groups in total. The van der Waals surface area contributed by atoms with Crippen molar-refractivity contribution in [3.05, 3.63) is 84.2 Å². The van der Waals surface area contributed by atoms with E-state index in [0.717, 1.165) is 0 Å². The number of nitrogens with one attached hydrogen (secondary N) is 4. The lowest BCUT2D eigenvalue weighted by molar-refractivity contribution is -0.136. The number of amides is 4. The topological polar surface area (TPSA) is 139 Å². The largest absolute Gasteiger partial charge is 0.444 e. The fourth-order valence-electron chi connectivity index (χ4n) is 2.92. The molecule has 4 amide bonds. The van der Waals surface area contributed by atoms with Gasteiger partial charge in [0.05, 0.1) is 11.9 Å². The first-order chi connectivity index (χ1) is 17.1. The predicted molar refractivity (Wildman–Crippen MR) is 135 cm³/mol. The Labute approximate surface area is 208 Å². The van der Waals surface area contributed by atoms with Crippen LogP contribution in [0.25, 0.3) is 0 Å². The lowest BCUT2D eigenvalue weighted by Gasteiger charge is -2.19. The molecule has 0 radical (unpaired) electrons. The average molecular weight is 490 g/mol. The number of rotatable bonds is 6. The molecule has 10 heteroatoms. The van der Waals surface area contributed by atoms with Gasteiger partial charge in [0.25, 0.3) is 5.91 Å². The summed E-state index contributed by atoms with van der Waals surface area (Å²) < 4.78 is 5.20. The molecule has 3 rings (SSSR count). The van der Waals surface area contributed by atoms with Crippen LogP contribution in [-0.4, -0.2) is 34.4 Å². The van der Waals surface area contributed by atoms with Gasteiger partial charge in [-0.05, 0) is 74.9 Å². The van der Waals surface area contributed by atoms with Crippen molar-refractivity contribution >= 4 is 40.9 Å². The van der Waals surface area contributed by atoms with Crippen molar-refractivity contribution in [2.24, 2.45) is 0 Å². The van der Waals surface area contributed by atoms with Crippen molar-refractivity contribution in [1.29, 1.82) is 0 Å². The van der Waals surface area contributed by atoms with E-state index in [2.05, 4.69) is 26.3 Å². The van der Waals surface area contributed by atoms with Crippen LogP contribution in [0.15, 0.2) is 73.1 Å². The van der Waals surface area contributed by atoms with Crippen LogP contribution in [0.2, 0.25) is 0 Å². The minimum absolute atomic E-state index is 0.118. The number of ether oxygens (including phenoxy) is 1. The Kier molecular flexibility index (Phi) is 8.35. The highest BCUT2D eigenvalue weighted by molar-refractivity contribution is 6.39. The van der Waals surface area contributed by atoms with Crippen molar-refractivity contribution in [3.63, 3.8) is 0 Å². The molecule has 3 aromatic rings. The quantitative estimate of drug-likeness (QED) is 0.387. The highest BCUT2D eigenvalue weighted by Crippen LogP contribution is 2.16. The molecule has 10 nitrogen and oxygen atoms in total. The van der Waals surface area contributed by atoms with Crippen molar-refractivity contribution in [2.45, 2.75) is 32.9 Å². The van der Waals surface area contributed by atoms with Gasteiger partial charge in [-0.1, -0.05) is 12.1 Å². The predicted octanol–water partition coefficient (Wildman–Crippen LogP) is 3.94. The van der Waals surface area contributed by atoms with Crippen LogP contribution in [0.5, 0.6) is 0 Å². The number of carbonyl (C=O) groups excluding carboxylic acids is 4. The van der Waals surface area contributed by atoms with Gasteiger partial charge in [0.2, 0.25) is 0 Å². The maximum atomic E-state index is 12.5. The summed E-state index contributed by atoms with van der Waals surface area (Å²) in [6, 6.07) is 16.5. The van der Waals surface area contributed by atoms with Gasteiger partial charge in [0.15, 0.2) is 0 Å². The van der Waals surface area contributed by atoms with Crippen LogP contribution in [0.1, 0.15) is 36.7 Å². The van der Waals surface area contributed by atoms with E-state index in [4.69, 9.17) is 4.74 Å². The normalized spacial score (nSPS) is 10.6. The second-order valence-electron chi connectivity index (χ2n) is 8.73. The van der Waals surface area contributed by atoms with Gasteiger partial charge in [-0.2, -0.15) is 0 Å². The number of pyridine rings is 1. The molecule has 0 atom stereocenters. The van der Waals surface area contributed by atoms with Gasteiger partial charge in [0.1, 0.15) is 5.60 Å². The zero-order valence-electron chi connectivity index (χ0n) is 20.1. The van der Waals surface area contributed by atoms with Crippen LogP contribution in [-0.2, 0) is 20.9 Å². The number of benzene rings is 2. The molecule has 0 saturated carbocycles. The zero-order valence-corrected chi connectivity index (χ0v) is 20.1. The number of aromatic nitrogens is 1. The molecule has 0 bridgehead atoms. The lowest BCUT2D eigenvalue weighted by atomic mass is 10.1. The smallest absolute Gasteiger partial charge is 0.412 e. The van der Waals surface area contributed by atoms with Crippen molar-refractivity contribution in [3.8, 4) is 0 Å². The maximum Gasteiger partial charge on any atom is 0.412 e. The number of hydrogen-bond donors (Lipinski definition) is 4. The summed E-state index contributed by atoms with van der Waals surface area (Å²) in [6.07, 6.45) is 2.43. The fraction of sp³-hybridized carbons (Fsp3) is 0.192. The van der Waals surface area contributed by atoms with E-state index in [1.165, 1.54) is 6.20 Å².